The van der Waals surface area contributed by atoms with E-state index in [4.69, 9.17) is 14.9 Å². The molecule has 0 unspecified atom stereocenters. The van der Waals surface area contributed by atoms with E-state index in [2.05, 4.69) is 15.9 Å². The number of benzene rings is 1. The van der Waals surface area contributed by atoms with E-state index in [-0.39, 0.29) is 23.3 Å². The Kier molecular flexibility index (Phi) is 3.89. The van der Waals surface area contributed by atoms with Crippen LogP contribution in [0.4, 0.5) is 0 Å². The predicted molar refractivity (Wildman–Crippen MR) is 59.0 cm³/mol. The summed E-state index contributed by atoms with van der Waals surface area (Å²) in [6.07, 6.45) is -0.376. The van der Waals surface area contributed by atoms with Gasteiger partial charge >= 0.3 is 11.9 Å². The molecular formula is C10H9BrO5. The van der Waals surface area contributed by atoms with Gasteiger partial charge < -0.3 is 14.9 Å². The highest BCUT2D eigenvalue weighted by Gasteiger charge is 2.20. The van der Waals surface area contributed by atoms with Crippen molar-refractivity contribution in [2.45, 2.75) is 6.42 Å². The van der Waals surface area contributed by atoms with Crippen LogP contribution in [0.3, 0.4) is 0 Å². The Balaban J connectivity index is 3.41. The third-order valence-corrected chi connectivity index (χ3v) is 2.72. The molecule has 0 heterocycles. The lowest BCUT2D eigenvalue weighted by Gasteiger charge is -2.10. The van der Waals surface area contributed by atoms with Crippen molar-refractivity contribution >= 4 is 27.9 Å². The molecular weight excluding hydrogens is 280 g/mol. The van der Waals surface area contributed by atoms with Crippen molar-refractivity contribution in [3.63, 3.8) is 0 Å². The van der Waals surface area contributed by atoms with Crippen LogP contribution in [0.15, 0.2) is 16.6 Å². The van der Waals surface area contributed by atoms with Gasteiger partial charge in [-0.2, -0.15) is 0 Å². The van der Waals surface area contributed by atoms with Gasteiger partial charge in [-0.1, -0.05) is 15.9 Å². The first-order chi connectivity index (χ1) is 7.47. The number of hydrogen-bond acceptors (Lipinski definition) is 3. The van der Waals surface area contributed by atoms with Crippen molar-refractivity contribution in [2.24, 2.45) is 0 Å². The molecule has 0 fully saturated rings. The number of carbonyl (C=O) groups is 2. The Morgan fingerprint density at radius 3 is 2.44 bits per heavy atom. The van der Waals surface area contributed by atoms with Gasteiger partial charge in [-0.3, -0.25) is 4.79 Å². The molecule has 0 saturated carbocycles. The summed E-state index contributed by atoms with van der Waals surface area (Å²) in [5.41, 5.74) is 0.0682. The van der Waals surface area contributed by atoms with Crippen molar-refractivity contribution < 1.29 is 24.5 Å². The Labute approximate surface area is 99.8 Å². The first-order valence-electron chi connectivity index (χ1n) is 4.27. The Hall–Kier alpha value is -1.56. The van der Waals surface area contributed by atoms with Gasteiger partial charge in [0.15, 0.2) is 0 Å². The molecule has 0 spiro atoms. The van der Waals surface area contributed by atoms with Crippen LogP contribution in [0.1, 0.15) is 15.9 Å². The molecule has 0 saturated heterocycles. The molecule has 0 atom stereocenters. The number of aromatic carboxylic acids is 1. The molecule has 0 amide bonds. The lowest BCUT2D eigenvalue weighted by molar-refractivity contribution is -0.136. The predicted octanol–water partition coefficient (Wildman–Crippen LogP) is 1.78. The molecule has 0 aliphatic carbocycles. The number of hydrogen-bond donors (Lipinski definition) is 2. The molecule has 1 rings (SSSR count). The number of methoxy groups -OCH3 is 1. The highest BCUT2D eigenvalue weighted by atomic mass is 79.9. The van der Waals surface area contributed by atoms with Gasteiger partial charge in [0.1, 0.15) is 11.3 Å². The fourth-order valence-corrected chi connectivity index (χ4v) is 1.80. The Morgan fingerprint density at radius 1 is 1.38 bits per heavy atom. The summed E-state index contributed by atoms with van der Waals surface area (Å²) >= 11 is 3.13. The SMILES string of the molecule is COc1ccc(Br)c(CC(=O)O)c1C(=O)O. The van der Waals surface area contributed by atoms with E-state index in [1.54, 1.807) is 6.07 Å². The lowest BCUT2D eigenvalue weighted by Crippen LogP contribution is -2.10. The smallest absolute Gasteiger partial charge is 0.339 e. The molecule has 0 radical (unpaired) electrons. The van der Waals surface area contributed by atoms with Crippen LogP contribution in [0.2, 0.25) is 0 Å². The summed E-state index contributed by atoms with van der Waals surface area (Å²) in [5.74, 6) is -2.17. The molecule has 86 valence electrons. The molecule has 5 nitrogen and oxygen atoms in total. The molecule has 6 heteroatoms. The number of rotatable bonds is 4. The summed E-state index contributed by atoms with van der Waals surface area (Å²) in [5, 5.41) is 17.7. The van der Waals surface area contributed by atoms with Crippen LogP contribution in [-0.2, 0) is 11.2 Å². The second-order valence-corrected chi connectivity index (χ2v) is 3.83. The number of halogens is 1. The average Bonchev–Trinajstić information content (AvgIpc) is 2.19. The molecule has 16 heavy (non-hydrogen) atoms. The Bertz CT molecular complexity index is 441. The van der Waals surface area contributed by atoms with E-state index in [9.17, 15) is 9.59 Å². The largest absolute Gasteiger partial charge is 0.496 e. The highest BCUT2D eigenvalue weighted by Crippen LogP contribution is 2.29. The third-order valence-electron chi connectivity index (χ3n) is 1.98. The van der Waals surface area contributed by atoms with Gasteiger partial charge in [0, 0.05) is 4.47 Å². The van der Waals surface area contributed by atoms with Crippen LogP contribution < -0.4 is 4.74 Å². The average molecular weight is 289 g/mol. The zero-order valence-corrected chi connectivity index (χ0v) is 9.94. The minimum absolute atomic E-state index is 0.126. The van der Waals surface area contributed by atoms with Crippen molar-refractivity contribution in [1.82, 2.24) is 0 Å². The van der Waals surface area contributed by atoms with Gasteiger partial charge in [0.25, 0.3) is 0 Å². The van der Waals surface area contributed by atoms with Crippen molar-refractivity contribution in [2.75, 3.05) is 7.11 Å². The van der Waals surface area contributed by atoms with Gasteiger partial charge in [-0.05, 0) is 17.7 Å². The standard InChI is InChI=1S/C10H9BrO5/c1-16-7-3-2-6(11)5(4-8(12)13)9(7)10(14)15/h2-3H,4H2,1H3,(H,12,13)(H,14,15). The monoisotopic (exact) mass is 288 g/mol. The quantitative estimate of drug-likeness (QED) is 0.882. The van der Waals surface area contributed by atoms with Crippen molar-refractivity contribution in [3.05, 3.63) is 27.7 Å². The molecule has 1 aromatic carbocycles. The number of carboxylic acid groups (broad SMARTS) is 2. The zero-order valence-electron chi connectivity index (χ0n) is 8.36. The summed E-state index contributed by atoms with van der Waals surface area (Å²) < 4.78 is 5.33. The van der Waals surface area contributed by atoms with E-state index in [1.807, 2.05) is 0 Å². The molecule has 0 aliphatic heterocycles. The third kappa shape index (κ3) is 2.52. The maximum absolute atomic E-state index is 11.0. The van der Waals surface area contributed by atoms with Crippen LogP contribution >= 0.6 is 15.9 Å². The first kappa shape index (κ1) is 12.5. The van der Waals surface area contributed by atoms with Crippen molar-refractivity contribution in [3.8, 4) is 5.75 Å². The molecule has 2 N–H and O–H groups in total. The maximum Gasteiger partial charge on any atom is 0.339 e. The summed E-state index contributed by atoms with van der Waals surface area (Å²) in [7, 11) is 1.33. The molecule has 0 aromatic heterocycles. The van der Waals surface area contributed by atoms with E-state index in [0.717, 1.165) is 0 Å². The van der Waals surface area contributed by atoms with Gasteiger partial charge in [-0.25, -0.2) is 4.79 Å². The maximum atomic E-state index is 11.0. The van der Waals surface area contributed by atoms with Gasteiger partial charge in [-0.15, -0.1) is 0 Å². The zero-order chi connectivity index (χ0) is 12.3. The number of ether oxygens (including phenoxy) is 1. The summed E-state index contributed by atoms with van der Waals surface area (Å²) in [6, 6.07) is 3.03. The van der Waals surface area contributed by atoms with Crippen LogP contribution in [0.25, 0.3) is 0 Å². The normalized spacial score (nSPS) is 9.88. The Morgan fingerprint density at radius 2 is 2.00 bits per heavy atom. The van der Waals surface area contributed by atoms with Crippen LogP contribution in [-0.4, -0.2) is 29.3 Å². The molecule has 0 bridgehead atoms. The van der Waals surface area contributed by atoms with Crippen molar-refractivity contribution in [1.29, 1.82) is 0 Å². The summed E-state index contributed by atoms with van der Waals surface area (Å²) in [6.45, 7) is 0. The molecule has 0 aliphatic rings. The van der Waals surface area contributed by atoms with Crippen LogP contribution in [0.5, 0.6) is 5.75 Å². The van der Waals surface area contributed by atoms with E-state index in [1.165, 1.54) is 13.2 Å². The fraction of sp³-hybridized carbons (Fsp3) is 0.200. The first-order valence-corrected chi connectivity index (χ1v) is 5.07. The fourth-order valence-electron chi connectivity index (χ4n) is 1.33. The number of aliphatic carboxylic acids is 1. The number of carboxylic acids is 2. The highest BCUT2D eigenvalue weighted by molar-refractivity contribution is 9.10. The minimum Gasteiger partial charge on any atom is -0.496 e. The van der Waals surface area contributed by atoms with E-state index >= 15 is 0 Å². The topological polar surface area (TPSA) is 83.8 Å². The van der Waals surface area contributed by atoms with Gasteiger partial charge in [0.05, 0.1) is 13.5 Å². The second-order valence-electron chi connectivity index (χ2n) is 2.98. The van der Waals surface area contributed by atoms with Gasteiger partial charge in [0.2, 0.25) is 0 Å². The van der Waals surface area contributed by atoms with E-state index < -0.39 is 11.9 Å². The van der Waals surface area contributed by atoms with Crippen LogP contribution in [0, 0.1) is 0 Å². The minimum atomic E-state index is -1.21. The summed E-state index contributed by atoms with van der Waals surface area (Å²) in [4.78, 5) is 21.7. The lowest BCUT2D eigenvalue weighted by atomic mass is 10.0. The second kappa shape index (κ2) is 4.98. The molecule has 1 aromatic rings. The van der Waals surface area contributed by atoms with E-state index in [0.29, 0.717) is 4.47 Å².